The molecule has 4 N–H and O–H groups in total. The maximum Gasteiger partial charge on any atom is 0.278 e. The van der Waals surface area contributed by atoms with Crippen molar-refractivity contribution in [1.29, 1.82) is 0 Å². The summed E-state index contributed by atoms with van der Waals surface area (Å²) in [5.41, 5.74) is 2.51. The van der Waals surface area contributed by atoms with Crippen LogP contribution in [0.25, 0.3) is 0 Å². The Labute approximate surface area is 82.1 Å². The van der Waals surface area contributed by atoms with Crippen LogP contribution in [0, 0.1) is 0 Å². The van der Waals surface area contributed by atoms with Crippen molar-refractivity contribution in [2.75, 3.05) is 0 Å². The number of allylic oxidation sites excluding steroid dienone is 1. The summed E-state index contributed by atoms with van der Waals surface area (Å²) >= 11 is 0. The summed E-state index contributed by atoms with van der Waals surface area (Å²) in [6.07, 6.45) is 3.57. The second kappa shape index (κ2) is 4.71. The average Bonchev–Trinajstić information content (AvgIpc) is 2.18. The van der Waals surface area contributed by atoms with E-state index in [-0.39, 0.29) is 10.9 Å². The van der Waals surface area contributed by atoms with Crippen molar-refractivity contribution in [2.45, 2.75) is 32.6 Å². The van der Waals surface area contributed by atoms with Crippen LogP contribution in [0.2, 0.25) is 0 Å². The van der Waals surface area contributed by atoms with Crippen LogP contribution < -0.4 is 5.53 Å². The molecule has 0 saturated carbocycles. The van der Waals surface area contributed by atoms with Gasteiger partial charge in [0.1, 0.15) is 5.71 Å². The Bertz CT molecular complexity index is 263. The highest BCUT2D eigenvalue weighted by atomic mass is 16.6. The number of aliphatic hydroxyl groups excluding tert-OH is 2. The van der Waals surface area contributed by atoms with Gasteiger partial charge in [-0.15, -0.1) is 5.17 Å². The Hall–Kier alpha value is -1.43. The molecule has 0 fully saturated rings. The van der Waals surface area contributed by atoms with E-state index in [1.165, 1.54) is 0 Å². The lowest BCUT2D eigenvalue weighted by atomic mass is 10.1. The highest BCUT2D eigenvalue weighted by molar-refractivity contribution is 5.98. The van der Waals surface area contributed by atoms with Crippen molar-refractivity contribution in [1.82, 2.24) is 10.7 Å². The first-order valence-electron chi connectivity index (χ1n) is 4.60. The van der Waals surface area contributed by atoms with Gasteiger partial charge in [-0.1, -0.05) is 19.8 Å². The summed E-state index contributed by atoms with van der Waals surface area (Å²) < 4.78 is 0. The Morgan fingerprint density at radius 3 is 2.71 bits per heavy atom. The van der Waals surface area contributed by atoms with Gasteiger partial charge in [0.2, 0.25) is 5.76 Å². The summed E-state index contributed by atoms with van der Waals surface area (Å²) in [4.78, 5) is 0. The molecule has 1 rings (SSSR count). The number of hydrazine groups is 1. The van der Waals surface area contributed by atoms with Gasteiger partial charge in [0.05, 0.1) is 0 Å². The number of nitrogens with one attached hydrogen (secondary N) is 1. The van der Waals surface area contributed by atoms with Gasteiger partial charge in [-0.2, -0.15) is 10.6 Å². The molecule has 0 aromatic carbocycles. The number of rotatable bonds is 4. The molecular weight excluding hydrogens is 186 g/mol. The van der Waals surface area contributed by atoms with Gasteiger partial charge in [0.15, 0.2) is 0 Å². The van der Waals surface area contributed by atoms with Gasteiger partial charge < -0.3 is 10.2 Å². The van der Waals surface area contributed by atoms with Crippen LogP contribution in [0.1, 0.15) is 32.6 Å². The molecule has 0 spiro atoms. The smallest absolute Gasteiger partial charge is 0.278 e. The van der Waals surface area contributed by atoms with Crippen LogP contribution in [-0.2, 0) is 0 Å². The van der Waals surface area contributed by atoms with E-state index in [9.17, 15) is 5.11 Å². The number of hydrogen-bond acceptors (Lipinski definition) is 6. The second-order valence-corrected chi connectivity index (χ2v) is 3.10. The van der Waals surface area contributed by atoms with Crippen LogP contribution in [-0.4, -0.2) is 26.3 Å². The average molecular weight is 201 g/mol. The third-order valence-corrected chi connectivity index (χ3v) is 1.98. The molecule has 0 amide bonds. The van der Waals surface area contributed by atoms with Crippen LogP contribution in [0.15, 0.2) is 16.7 Å². The summed E-state index contributed by atoms with van der Waals surface area (Å²) in [6, 6.07) is 0. The Balaban J connectivity index is 2.54. The lowest BCUT2D eigenvalue weighted by molar-refractivity contribution is -0.142. The Morgan fingerprint density at radius 1 is 1.36 bits per heavy atom. The molecule has 6 heteroatoms. The van der Waals surface area contributed by atoms with Crippen LogP contribution >= 0.6 is 0 Å². The fraction of sp³-hybridized carbons (Fsp3) is 0.625. The minimum absolute atomic E-state index is 0.263. The molecule has 14 heavy (non-hydrogen) atoms. The molecule has 0 saturated heterocycles. The van der Waals surface area contributed by atoms with E-state index in [2.05, 4.69) is 17.6 Å². The van der Waals surface area contributed by atoms with Crippen molar-refractivity contribution in [3.05, 3.63) is 11.6 Å². The zero-order valence-electron chi connectivity index (χ0n) is 8.06. The third-order valence-electron chi connectivity index (χ3n) is 1.98. The molecule has 0 bridgehead atoms. The van der Waals surface area contributed by atoms with Gasteiger partial charge in [0, 0.05) is 0 Å². The van der Waals surface area contributed by atoms with E-state index >= 15 is 0 Å². The standard InChI is InChI=1S/C8H15N3O3/c1-2-3-4-5-6-7(12)8(13)11(14)10-9-6/h10,12-14H,2-5H2,1H3. The second-order valence-electron chi connectivity index (χ2n) is 3.10. The van der Waals surface area contributed by atoms with Crippen molar-refractivity contribution in [2.24, 2.45) is 5.10 Å². The largest absolute Gasteiger partial charge is 0.502 e. The summed E-state index contributed by atoms with van der Waals surface area (Å²) in [6.45, 7) is 2.07. The molecule has 0 atom stereocenters. The monoisotopic (exact) mass is 201 g/mol. The van der Waals surface area contributed by atoms with Crippen molar-refractivity contribution >= 4 is 5.71 Å². The predicted octanol–water partition coefficient (Wildman–Crippen LogP) is 1.42. The molecule has 0 aromatic heterocycles. The summed E-state index contributed by atoms with van der Waals surface area (Å²) in [7, 11) is 0. The van der Waals surface area contributed by atoms with E-state index in [0.29, 0.717) is 12.1 Å². The van der Waals surface area contributed by atoms with Gasteiger partial charge in [-0.3, -0.25) is 5.21 Å². The van der Waals surface area contributed by atoms with Crippen LogP contribution in [0.5, 0.6) is 0 Å². The first-order valence-corrected chi connectivity index (χ1v) is 4.60. The number of unbranched alkanes of at least 4 members (excludes halogenated alkanes) is 2. The lowest BCUT2D eigenvalue weighted by Crippen LogP contribution is -2.37. The molecule has 0 unspecified atom stereocenters. The minimum Gasteiger partial charge on any atom is -0.502 e. The zero-order chi connectivity index (χ0) is 10.6. The molecule has 0 aromatic rings. The van der Waals surface area contributed by atoms with Gasteiger partial charge in [0.25, 0.3) is 5.88 Å². The van der Waals surface area contributed by atoms with Crippen molar-refractivity contribution in [3.63, 3.8) is 0 Å². The molecule has 1 aliphatic heterocycles. The zero-order valence-corrected chi connectivity index (χ0v) is 8.06. The van der Waals surface area contributed by atoms with Crippen molar-refractivity contribution in [3.8, 4) is 0 Å². The number of nitrogens with zero attached hydrogens (tertiary/aromatic N) is 2. The quantitative estimate of drug-likeness (QED) is 0.516. The van der Waals surface area contributed by atoms with Gasteiger partial charge in [-0.05, 0) is 12.8 Å². The highest BCUT2D eigenvalue weighted by Crippen LogP contribution is 2.12. The molecule has 0 radical (unpaired) electrons. The van der Waals surface area contributed by atoms with Crippen LogP contribution in [0.4, 0.5) is 0 Å². The van der Waals surface area contributed by atoms with Gasteiger partial charge >= 0.3 is 0 Å². The minimum atomic E-state index is -0.619. The van der Waals surface area contributed by atoms with E-state index in [1.807, 2.05) is 0 Å². The Morgan fingerprint density at radius 2 is 2.07 bits per heavy atom. The molecule has 80 valence electrons. The number of hydrazone groups is 1. The van der Waals surface area contributed by atoms with E-state index in [0.717, 1.165) is 19.3 Å². The SMILES string of the molecule is CCCCCC1=NNN(O)C(O)=C1O. The maximum absolute atomic E-state index is 9.36. The summed E-state index contributed by atoms with van der Waals surface area (Å²) in [5.74, 6) is -0.992. The number of hydrogen-bond donors (Lipinski definition) is 4. The Kier molecular flexibility index (Phi) is 3.58. The fourth-order valence-electron chi connectivity index (χ4n) is 1.15. The molecule has 6 nitrogen and oxygen atoms in total. The molecule has 0 aliphatic carbocycles. The lowest BCUT2D eigenvalue weighted by Gasteiger charge is -2.20. The molecular formula is C8H15N3O3. The van der Waals surface area contributed by atoms with Crippen molar-refractivity contribution < 1.29 is 15.4 Å². The summed E-state index contributed by atoms with van der Waals surface area (Å²) in [5, 5.41) is 31.3. The van der Waals surface area contributed by atoms with Gasteiger partial charge in [-0.25, -0.2) is 0 Å². The maximum atomic E-state index is 9.36. The fourth-order valence-corrected chi connectivity index (χ4v) is 1.15. The first kappa shape index (κ1) is 10.6. The van der Waals surface area contributed by atoms with E-state index in [4.69, 9.17) is 10.3 Å². The predicted molar refractivity (Wildman–Crippen MR) is 50.6 cm³/mol. The molecule has 1 heterocycles. The topological polar surface area (TPSA) is 88.3 Å². The highest BCUT2D eigenvalue weighted by Gasteiger charge is 2.20. The van der Waals surface area contributed by atoms with E-state index in [1.54, 1.807) is 0 Å². The third kappa shape index (κ3) is 2.29. The number of hydroxylamine groups is 1. The molecule has 1 aliphatic rings. The first-order chi connectivity index (χ1) is 6.66. The number of aliphatic hydroxyl groups is 2. The normalized spacial score (nSPS) is 16.7. The van der Waals surface area contributed by atoms with Crippen LogP contribution in [0.3, 0.4) is 0 Å². The van der Waals surface area contributed by atoms with E-state index < -0.39 is 5.88 Å².